The highest BCUT2D eigenvalue weighted by Crippen LogP contribution is 2.45. The van der Waals surface area contributed by atoms with Gasteiger partial charge in [0, 0.05) is 18.5 Å². The molecule has 4 atom stereocenters. The first kappa shape index (κ1) is 18.4. The molecular formula is C19H25N2O5+. The van der Waals surface area contributed by atoms with Gasteiger partial charge in [-0.05, 0) is 38.1 Å². The molecule has 2 fully saturated rings. The molecule has 0 aromatic heterocycles. The van der Waals surface area contributed by atoms with Gasteiger partial charge in [0.1, 0.15) is 23.6 Å². The van der Waals surface area contributed by atoms with Gasteiger partial charge in [-0.25, -0.2) is 4.79 Å². The van der Waals surface area contributed by atoms with E-state index in [1.165, 1.54) is 4.90 Å². The normalized spacial score (nSPS) is 30.6. The van der Waals surface area contributed by atoms with Crippen molar-refractivity contribution in [3.63, 3.8) is 0 Å². The standard InChI is InChI=1S/C19H24N2O5/c1-4-19(18(25)26-6-3)14-13(16(23)21(5-2)17(14)24)15(20-19)11-7-9-12(22)10-8-11/h7-10,13-15,20,22H,4-6H2,1-3H3/p+1/t13-,14-,15-,19-/m0/s1. The third-order valence-electron chi connectivity index (χ3n) is 5.70. The zero-order chi connectivity index (χ0) is 19.1. The number of benzene rings is 1. The number of esters is 1. The molecule has 2 saturated heterocycles. The second-order valence-corrected chi connectivity index (χ2v) is 6.82. The maximum atomic E-state index is 13.0. The number of aromatic hydroxyl groups is 1. The topological polar surface area (TPSA) is 101 Å². The Morgan fingerprint density at radius 2 is 1.85 bits per heavy atom. The van der Waals surface area contributed by atoms with Gasteiger partial charge in [0.2, 0.25) is 17.4 Å². The second-order valence-electron chi connectivity index (χ2n) is 6.82. The number of carbonyl (C=O) groups is 3. The molecule has 2 aliphatic heterocycles. The van der Waals surface area contributed by atoms with Gasteiger partial charge in [-0.3, -0.25) is 14.5 Å². The Bertz CT molecular complexity index is 732. The summed E-state index contributed by atoms with van der Waals surface area (Å²) in [4.78, 5) is 40.0. The molecule has 0 spiro atoms. The summed E-state index contributed by atoms with van der Waals surface area (Å²) in [6.07, 6.45) is 0.387. The van der Waals surface area contributed by atoms with Gasteiger partial charge in [0.05, 0.1) is 6.61 Å². The van der Waals surface area contributed by atoms with Crippen LogP contribution in [0.25, 0.3) is 0 Å². The first-order valence-electron chi connectivity index (χ1n) is 9.08. The van der Waals surface area contributed by atoms with Crippen molar-refractivity contribution >= 4 is 17.8 Å². The van der Waals surface area contributed by atoms with Crippen LogP contribution in [0, 0.1) is 11.8 Å². The summed E-state index contributed by atoms with van der Waals surface area (Å²) in [5, 5.41) is 11.4. The lowest BCUT2D eigenvalue weighted by molar-refractivity contribution is -0.734. The van der Waals surface area contributed by atoms with E-state index in [0.29, 0.717) is 6.42 Å². The van der Waals surface area contributed by atoms with Crippen molar-refractivity contribution in [1.82, 2.24) is 4.90 Å². The highest BCUT2D eigenvalue weighted by molar-refractivity contribution is 6.08. The number of phenolic OH excluding ortho intramolecular Hbond substituents is 1. The van der Waals surface area contributed by atoms with Crippen LogP contribution < -0.4 is 5.32 Å². The predicted molar refractivity (Wildman–Crippen MR) is 91.8 cm³/mol. The molecule has 0 aliphatic carbocycles. The number of amides is 2. The summed E-state index contributed by atoms with van der Waals surface area (Å²) in [6, 6.07) is 6.19. The Kier molecular flexibility index (Phi) is 4.75. The number of ether oxygens (including phenoxy) is 1. The van der Waals surface area contributed by atoms with E-state index in [9.17, 15) is 19.5 Å². The Balaban J connectivity index is 2.11. The van der Waals surface area contributed by atoms with E-state index >= 15 is 0 Å². The number of hydrogen-bond donors (Lipinski definition) is 2. The number of quaternary nitrogens is 1. The number of phenols is 1. The van der Waals surface area contributed by atoms with E-state index in [1.54, 1.807) is 38.1 Å². The summed E-state index contributed by atoms with van der Waals surface area (Å²) in [7, 11) is 0. The molecule has 2 heterocycles. The quantitative estimate of drug-likeness (QED) is 0.582. The molecule has 26 heavy (non-hydrogen) atoms. The molecule has 0 bridgehead atoms. The van der Waals surface area contributed by atoms with Crippen LogP contribution in [0.5, 0.6) is 5.75 Å². The second kappa shape index (κ2) is 6.72. The Morgan fingerprint density at radius 3 is 2.38 bits per heavy atom. The summed E-state index contributed by atoms with van der Waals surface area (Å²) < 4.78 is 5.29. The number of carbonyl (C=O) groups excluding carboxylic acids is 3. The Morgan fingerprint density at radius 1 is 1.19 bits per heavy atom. The molecule has 0 unspecified atom stereocenters. The molecule has 0 saturated carbocycles. The SMILES string of the molecule is CCOC(=O)[C@@]1(CC)[NH2+][C@@H](c2ccc(O)cc2)[C@H]2C(=O)N(CC)C(=O)[C@H]21. The van der Waals surface area contributed by atoms with Crippen molar-refractivity contribution in [2.24, 2.45) is 11.8 Å². The van der Waals surface area contributed by atoms with Crippen molar-refractivity contribution in [1.29, 1.82) is 0 Å². The van der Waals surface area contributed by atoms with E-state index in [1.807, 2.05) is 12.2 Å². The average molecular weight is 361 g/mol. The van der Waals surface area contributed by atoms with Crippen molar-refractivity contribution in [2.75, 3.05) is 13.2 Å². The van der Waals surface area contributed by atoms with E-state index < -0.39 is 23.3 Å². The first-order chi connectivity index (χ1) is 12.4. The molecule has 2 aliphatic rings. The molecule has 3 N–H and O–H groups in total. The van der Waals surface area contributed by atoms with Crippen LogP contribution in [0.4, 0.5) is 0 Å². The lowest BCUT2D eigenvalue weighted by Gasteiger charge is -2.28. The van der Waals surface area contributed by atoms with Gasteiger partial charge in [-0.1, -0.05) is 6.92 Å². The zero-order valence-corrected chi connectivity index (χ0v) is 15.3. The molecule has 1 aromatic carbocycles. The predicted octanol–water partition coefficient (Wildman–Crippen LogP) is 0.343. The fourth-order valence-corrected chi connectivity index (χ4v) is 4.44. The summed E-state index contributed by atoms with van der Waals surface area (Å²) >= 11 is 0. The van der Waals surface area contributed by atoms with E-state index in [2.05, 4.69) is 0 Å². The monoisotopic (exact) mass is 361 g/mol. The zero-order valence-electron chi connectivity index (χ0n) is 15.3. The maximum absolute atomic E-state index is 13.0. The minimum absolute atomic E-state index is 0.124. The summed E-state index contributed by atoms with van der Waals surface area (Å²) in [5.41, 5.74) is -0.309. The minimum atomic E-state index is -1.11. The third-order valence-corrected chi connectivity index (χ3v) is 5.70. The van der Waals surface area contributed by atoms with E-state index in [-0.39, 0.29) is 36.8 Å². The Labute approximate surface area is 152 Å². The average Bonchev–Trinajstić information content (AvgIpc) is 3.11. The van der Waals surface area contributed by atoms with Crippen molar-refractivity contribution in [2.45, 2.75) is 38.8 Å². The molecule has 7 heteroatoms. The van der Waals surface area contributed by atoms with Gasteiger partial charge in [0.25, 0.3) is 0 Å². The fourth-order valence-electron chi connectivity index (χ4n) is 4.44. The van der Waals surface area contributed by atoms with Crippen molar-refractivity contribution < 1.29 is 29.5 Å². The summed E-state index contributed by atoms with van der Waals surface area (Å²) in [6.45, 7) is 5.83. The molecule has 0 radical (unpaired) electrons. The third kappa shape index (κ3) is 2.49. The van der Waals surface area contributed by atoms with Crippen LogP contribution in [0.15, 0.2) is 24.3 Å². The lowest BCUT2D eigenvalue weighted by Crippen LogP contribution is -2.98. The lowest BCUT2D eigenvalue weighted by atomic mass is 9.78. The van der Waals surface area contributed by atoms with Crippen molar-refractivity contribution in [3.8, 4) is 5.75 Å². The van der Waals surface area contributed by atoms with Gasteiger partial charge >= 0.3 is 5.97 Å². The van der Waals surface area contributed by atoms with Crippen LogP contribution >= 0.6 is 0 Å². The van der Waals surface area contributed by atoms with Gasteiger partial charge in [-0.15, -0.1) is 0 Å². The minimum Gasteiger partial charge on any atom is -0.508 e. The van der Waals surface area contributed by atoms with E-state index in [4.69, 9.17) is 4.74 Å². The van der Waals surface area contributed by atoms with Crippen LogP contribution in [-0.2, 0) is 19.1 Å². The number of nitrogens with two attached hydrogens (primary N) is 1. The molecule has 7 nitrogen and oxygen atoms in total. The van der Waals surface area contributed by atoms with Gasteiger partial charge < -0.3 is 15.2 Å². The highest BCUT2D eigenvalue weighted by Gasteiger charge is 2.71. The number of imide groups is 1. The highest BCUT2D eigenvalue weighted by atomic mass is 16.5. The maximum Gasteiger partial charge on any atom is 0.368 e. The van der Waals surface area contributed by atoms with Crippen molar-refractivity contribution in [3.05, 3.63) is 29.8 Å². The molecular weight excluding hydrogens is 336 g/mol. The number of fused-ring (bicyclic) bond motifs is 1. The number of hydrogen-bond acceptors (Lipinski definition) is 5. The van der Waals surface area contributed by atoms with Crippen LogP contribution in [0.2, 0.25) is 0 Å². The molecule has 1 aromatic rings. The summed E-state index contributed by atoms with van der Waals surface area (Å²) in [5.74, 6) is -2.21. The largest absolute Gasteiger partial charge is 0.508 e. The van der Waals surface area contributed by atoms with Crippen LogP contribution in [0.1, 0.15) is 38.8 Å². The number of likely N-dealkylation sites (tertiary alicyclic amines) is 1. The first-order valence-corrected chi connectivity index (χ1v) is 9.08. The molecule has 140 valence electrons. The van der Waals surface area contributed by atoms with Crippen LogP contribution in [0.3, 0.4) is 0 Å². The van der Waals surface area contributed by atoms with Crippen LogP contribution in [-0.4, -0.2) is 46.5 Å². The smallest absolute Gasteiger partial charge is 0.368 e. The fraction of sp³-hybridized carbons (Fsp3) is 0.526. The molecule has 3 rings (SSSR count). The van der Waals surface area contributed by atoms with Gasteiger partial charge in [-0.2, -0.15) is 0 Å². The number of rotatable bonds is 5. The van der Waals surface area contributed by atoms with Gasteiger partial charge in [0.15, 0.2) is 0 Å². The molecule has 2 amide bonds. The Hall–Kier alpha value is -2.41. The van der Waals surface area contributed by atoms with E-state index in [0.717, 1.165) is 5.56 Å². The number of nitrogens with zero attached hydrogens (tertiary/aromatic N) is 1.